The molecule has 0 atom stereocenters. The molecule has 0 aliphatic carbocycles. The molecule has 18 heavy (non-hydrogen) atoms. The summed E-state index contributed by atoms with van der Waals surface area (Å²) in [5.74, 6) is -0.532. The lowest BCUT2D eigenvalue weighted by Crippen LogP contribution is -2.23. The van der Waals surface area contributed by atoms with E-state index in [0.29, 0.717) is 12.3 Å². The Morgan fingerprint density at radius 3 is 2.56 bits per heavy atom. The molecule has 4 nitrogen and oxygen atoms in total. The van der Waals surface area contributed by atoms with E-state index in [1.807, 2.05) is 20.8 Å². The number of carbonyl (C=O) groups is 1. The van der Waals surface area contributed by atoms with Crippen molar-refractivity contribution in [2.24, 2.45) is 0 Å². The molecule has 0 unspecified atom stereocenters. The summed E-state index contributed by atoms with van der Waals surface area (Å²) in [7, 11) is 0. The van der Waals surface area contributed by atoms with E-state index in [1.165, 1.54) is 0 Å². The van der Waals surface area contributed by atoms with Crippen LogP contribution in [0.1, 0.15) is 31.1 Å². The van der Waals surface area contributed by atoms with E-state index >= 15 is 0 Å². The average molecular weight is 272 g/mol. The van der Waals surface area contributed by atoms with Gasteiger partial charge < -0.3 is 15.2 Å². The number of hydrogen-bond donors (Lipinski definition) is 1. The molecule has 0 spiro atoms. The van der Waals surface area contributed by atoms with Crippen LogP contribution < -0.4 is 5.73 Å². The normalized spacial score (nSPS) is 11.3. The standard InChI is InChI=1S/C13H18ClNO3/c1-13(2,3)18-8-7-17-12(16)11-9(14)5-4-6-10(11)15/h4-6H,7-8,15H2,1-3H3. The zero-order valence-corrected chi connectivity index (χ0v) is 11.6. The first-order valence-electron chi connectivity index (χ1n) is 5.66. The molecule has 2 N–H and O–H groups in total. The van der Waals surface area contributed by atoms with Crippen molar-refractivity contribution in [3.05, 3.63) is 28.8 Å². The van der Waals surface area contributed by atoms with Crippen molar-refractivity contribution in [2.75, 3.05) is 18.9 Å². The number of halogens is 1. The SMILES string of the molecule is CC(C)(C)OCCOC(=O)c1c(N)cccc1Cl. The first-order chi connectivity index (χ1) is 8.31. The van der Waals surface area contributed by atoms with Crippen molar-refractivity contribution in [2.45, 2.75) is 26.4 Å². The van der Waals surface area contributed by atoms with E-state index in [-0.39, 0.29) is 22.8 Å². The molecular weight excluding hydrogens is 254 g/mol. The van der Waals surface area contributed by atoms with Gasteiger partial charge >= 0.3 is 5.97 Å². The van der Waals surface area contributed by atoms with Gasteiger partial charge in [0, 0.05) is 5.69 Å². The molecule has 0 fully saturated rings. The van der Waals surface area contributed by atoms with Crippen LogP contribution in [0.2, 0.25) is 5.02 Å². The molecule has 100 valence electrons. The van der Waals surface area contributed by atoms with Gasteiger partial charge in [0.15, 0.2) is 0 Å². The van der Waals surface area contributed by atoms with Crippen LogP contribution in [0.5, 0.6) is 0 Å². The Labute approximate surface area is 112 Å². The third-order valence-corrected chi connectivity index (χ3v) is 2.42. The third-order valence-electron chi connectivity index (χ3n) is 2.10. The Hall–Kier alpha value is -1.26. The van der Waals surface area contributed by atoms with Gasteiger partial charge in [0.25, 0.3) is 0 Å². The summed E-state index contributed by atoms with van der Waals surface area (Å²) >= 11 is 5.90. The largest absolute Gasteiger partial charge is 0.460 e. The van der Waals surface area contributed by atoms with Gasteiger partial charge in [-0.05, 0) is 32.9 Å². The summed E-state index contributed by atoms with van der Waals surface area (Å²) in [6.07, 6.45) is 0. The smallest absolute Gasteiger partial charge is 0.341 e. The summed E-state index contributed by atoms with van der Waals surface area (Å²) in [6, 6.07) is 4.88. The van der Waals surface area contributed by atoms with Crippen LogP contribution in [0.15, 0.2) is 18.2 Å². The Kier molecular flexibility index (Phi) is 4.99. The summed E-state index contributed by atoms with van der Waals surface area (Å²) in [5.41, 5.74) is 5.94. The summed E-state index contributed by atoms with van der Waals surface area (Å²) in [6.45, 7) is 6.29. The minimum Gasteiger partial charge on any atom is -0.460 e. The number of benzene rings is 1. The highest BCUT2D eigenvalue weighted by atomic mass is 35.5. The molecule has 5 heteroatoms. The van der Waals surface area contributed by atoms with Gasteiger partial charge in [0.1, 0.15) is 12.2 Å². The quantitative estimate of drug-likeness (QED) is 0.520. The second kappa shape index (κ2) is 6.07. The molecule has 0 aromatic heterocycles. The highest BCUT2D eigenvalue weighted by molar-refractivity contribution is 6.34. The number of carbonyl (C=O) groups excluding carboxylic acids is 1. The van der Waals surface area contributed by atoms with E-state index in [9.17, 15) is 4.79 Å². The highest BCUT2D eigenvalue weighted by Crippen LogP contribution is 2.22. The topological polar surface area (TPSA) is 61.5 Å². The predicted octanol–water partition coefficient (Wildman–Crippen LogP) is 2.89. The van der Waals surface area contributed by atoms with Gasteiger partial charge in [-0.2, -0.15) is 0 Å². The van der Waals surface area contributed by atoms with Gasteiger partial charge in [-0.1, -0.05) is 17.7 Å². The third kappa shape index (κ3) is 4.55. The van der Waals surface area contributed by atoms with Gasteiger partial charge in [-0.25, -0.2) is 4.79 Å². The maximum atomic E-state index is 11.8. The lowest BCUT2D eigenvalue weighted by molar-refractivity contribution is -0.0281. The number of nitrogens with two attached hydrogens (primary N) is 1. The van der Waals surface area contributed by atoms with Crippen molar-refractivity contribution in [1.82, 2.24) is 0 Å². The minimum absolute atomic E-state index is 0.167. The van der Waals surface area contributed by atoms with Gasteiger partial charge in [-0.15, -0.1) is 0 Å². The van der Waals surface area contributed by atoms with Crippen molar-refractivity contribution in [3.63, 3.8) is 0 Å². The molecule has 0 saturated carbocycles. The molecule has 0 radical (unpaired) electrons. The van der Waals surface area contributed by atoms with Crippen LogP contribution in [-0.4, -0.2) is 24.8 Å². The van der Waals surface area contributed by atoms with E-state index in [4.69, 9.17) is 26.8 Å². The maximum absolute atomic E-state index is 11.8. The molecule has 0 amide bonds. The minimum atomic E-state index is -0.532. The number of anilines is 1. The van der Waals surface area contributed by atoms with Gasteiger partial charge in [-0.3, -0.25) is 0 Å². The fraction of sp³-hybridized carbons (Fsp3) is 0.462. The zero-order chi connectivity index (χ0) is 13.8. The number of ether oxygens (including phenoxy) is 2. The van der Waals surface area contributed by atoms with Crippen LogP contribution in [0.25, 0.3) is 0 Å². The fourth-order valence-electron chi connectivity index (χ4n) is 1.31. The summed E-state index contributed by atoms with van der Waals surface area (Å²) in [5, 5.41) is 0.289. The second-order valence-corrected chi connectivity index (χ2v) is 5.21. The molecular formula is C13H18ClNO3. The first kappa shape index (κ1) is 14.8. The number of esters is 1. The maximum Gasteiger partial charge on any atom is 0.341 e. The van der Waals surface area contributed by atoms with Crippen LogP contribution >= 0.6 is 11.6 Å². The Morgan fingerprint density at radius 1 is 1.33 bits per heavy atom. The molecule has 0 aliphatic heterocycles. The van der Waals surface area contributed by atoms with E-state index in [1.54, 1.807) is 18.2 Å². The molecule has 0 heterocycles. The van der Waals surface area contributed by atoms with E-state index in [0.717, 1.165) is 0 Å². The van der Waals surface area contributed by atoms with Crippen LogP contribution in [-0.2, 0) is 9.47 Å². The number of hydrogen-bond acceptors (Lipinski definition) is 4. The van der Waals surface area contributed by atoms with E-state index < -0.39 is 5.97 Å². The fourth-order valence-corrected chi connectivity index (χ4v) is 1.57. The predicted molar refractivity (Wildman–Crippen MR) is 71.9 cm³/mol. The summed E-state index contributed by atoms with van der Waals surface area (Å²) < 4.78 is 10.5. The van der Waals surface area contributed by atoms with Crippen LogP contribution in [0, 0.1) is 0 Å². The Bertz CT molecular complexity index is 406. The molecule has 0 aliphatic rings. The molecule has 0 bridgehead atoms. The number of nitrogen functional groups attached to an aromatic ring is 1. The number of rotatable bonds is 4. The van der Waals surface area contributed by atoms with Gasteiger partial charge in [0.05, 0.1) is 17.2 Å². The molecule has 1 rings (SSSR count). The lowest BCUT2D eigenvalue weighted by atomic mass is 10.2. The van der Waals surface area contributed by atoms with Gasteiger partial charge in [0.2, 0.25) is 0 Å². The first-order valence-corrected chi connectivity index (χ1v) is 6.04. The monoisotopic (exact) mass is 271 g/mol. The highest BCUT2D eigenvalue weighted by Gasteiger charge is 2.16. The van der Waals surface area contributed by atoms with E-state index in [2.05, 4.69) is 0 Å². The lowest BCUT2D eigenvalue weighted by Gasteiger charge is -2.19. The van der Waals surface area contributed by atoms with Crippen molar-refractivity contribution >= 4 is 23.3 Å². The Balaban J connectivity index is 2.51. The van der Waals surface area contributed by atoms with Crippen LogP contribution in [0.4, 0.5) is 5.69 Å². The van der Waals surface area contributed by atoms with Crippen molar-refractivity contribution in [1.29, 1.82) is 0 Å². The molecule has 1 aromatic carbocycles. The molecule has 0 saturated heterocycles. The Morgan fingerprint density at radius 2 is 2.00 bits per heavy atom. The second-order valence-electron chi connectivity index (χ2n) is 4.80. The van der Waals surface area contributed by atoms with Crippen LogP contribution in [0.3, 0.4) is 0 Å². The van der Waals surface area contributed by atoms with Crippen molar-refractivity contribution < 1.29 is 14.3 Å². The average Bonchev–Trinajstić information content (AvgIpc) is 2.23. The van der Waals surface area contributed by atoms with Crippen molar-refractivity contribution in [3.8, 4) is 0 Å². The molecule has 1 aromatic rings. The summed E-state index contributed by atoms with van der Waals surface area (Å²) in [4.78, 5) is 11.8. The zero-order valence-electron chi connectivity index (χ0n) is 10.8.